The van der Waals surface area contributed by atoms with Crippen LogP contribution in [0.15, 0.2) is 36.7 Å². The standard InChI is InChI=1S/C23H20Cl2FN5O/c1-12-10-28-22-18(12)14(6-7-27-22)19-17-11-30(23(32)13(2)24)8-9-31(17)29-21(19)15-4-3-5-16(25)20(15)26/h3-7,10,13H,8-9,11H2,1-2H3,(H,27,28). The topological polar surface area (TPSA) is 66.8 Å². The number of halogens is 3. The summed E-state index contributed by atoms with van der Waals surface area (Å²) in [5.74, 6) is -0.664. The Morgan fingerprint density at radius 3 is 2.84 bits per heavy atom. The summed E-state index contributed by atoms with van der Waals surface area (Å²) in [5, 5.41) is 5.11. The van der Waals surface area contributed by atoms with Crippen LogP contribution in [0.5, 0.6) is 0 Å². The van der Waals surface area contributed by atoms with Crippen LogP contribution in [-0.2, 0) is 17.9 Å². The van der Waals surface area contributed by atoms with Gasteiger partial charge < -0.3 is 9.88 Å². The lowest BCUT2D eigenvalue weighted by atomic mass is 9.95. The maximum absolute atomic E-state index is 15.1. The summed E-state index contributed by atoms with van der Waals surface area (Å²) in [6, 6.07) is 6.79. The Labute approximate surface area is 194 Å². The van der Waals surface area contributed by atoms with Crippen LogP contribution in [-0.4, -0.2) is 42.5 Å². The number of fused-ring (bicyclic) bond motifs is 2. The van der Waals surface area contributed by atoms with E-state index in [0.717, 1.165) is 33.4 Å². The smallest absolute Gasteiger partial charge is 0.240 e. The Kier molecular flexibility index (Phi) is 5.18. The van der Waals surface area contributed by atoms with Crippen molar-refractivity contribution in [2.75, 3.05) is 6.54 Å². The zero-order chi connectivity index (χ0) is 22.6. The highest BCUT2D eigenvalue weighted by molar-refractivity contribution is 6.31. The molecule has 1 amide bonds. The minimum atomic E-state index is -0.627. The fourth-order valence-corrected chi connectivity index (χ4v) is 4.66. The zero-order valence-electron chi connectivity index (χ0n) is 17.5. The molecule has 4 heterocycles. The van der Waals surface area contributed by atoms with Crippen molar-refractivity contribution in [3.05, 3.63) is 58.8 Å². The molecule has 1 aliphatic heterocycles. The summed E-state index contributed by atoms with van der Waals surface area (Å²) in [7, 11) is 0. The van der Waals surface area contributed by atoms with Crippen LogP contribution in [0.4, 0.5) is 4.39 Å². The third-order valence-electron chi connectivity index (χ3n) is 5.88. The van der Waals surface area contributed by atoms with E-state index in [1.54, 1.807) is 30.2 Å². The number of rotatable bonds is 3. The van der Waals surface area contributed by atoms with E-state index >= 15 is 4.39 Å². The Hall–Kier alpha value is -2.90. The maximum Gasteiger partial charge on any atom is 0.240 e. The molecular weight excluding hydrogens is 452 g/mol. The highest BCUT2D eigenvalue weighted by Gasteiger charge is 2.31. The number of hydrogen-bond acceptors (Lipinski definition) is 3. The molecule has 0 spiro atoms. The predicted molar refractivity (Wildman–Crippen MR) is 123 cm³/mol. The molecule has 1 aliphatic rings. The van der Waals surface area contributed by atoms with E-state index in [-0.39, 0.29) is 10.9 Å². The van der Waals surface area contributed by atoms with Gasteiger partial charge in [-0.3, -0.25) is 9.48 Å². The van der Waals surface area contributed by atoms with Crippen LogP contribution in [0, 0.1) is 12.7 Å². The van der Waals surface area contributed by atoms with Crippen molar-refractivity contribution in [1.82, 2.24) is 24.6 Å². The number of amides is 1. The number of aromatic amines is 1. The lowest BCUT2D eigenvalue weighted by molar-refractivity contribution is -0.132. The van der Waals surface area contributed by atoms with Gasteiger partial charge in [0.15, 0.2) is 5.82 Å². The lowest BCUT2D eigenvalue weighted by Crippen LogP contribution is -2.41. The Balaban J connectivity index is 1.79. The molecular formula is C23H20Cl2FN5O. The molecule has 4 aromatic rings. The molecule has 0 bridgehead atoms. The van der Waals surface area contributed by atoms with E-state index in [0.29, 0.717) is 30.9 Å². The summed E-state index contributed by atoms with van der Waals surface area (Å²) in [5.41, 5.74) is 5.01. The van der Waals surface area contributed by atoms with Gasteiger partial charge in [0.2, 0.25) is 5.91 Å². The molecule has 0 fully saturated rings. The molecule has 0 radical (unpaired) electrons. The molecule has 0 aliphatic carbocycles. The third-order valence-corrected chi connectivity index (χ3v) is 6.36. The molecule has 9 heteroatoms. The zero-order valence-corrected chi connectivity index (χ0v) is 19.0. The van der Waals surface area contributed by atoms with Gasteiger partial charge in [-0.1, -0.05) is 17.7 Å². The van der Waals surface area contributed by atoms with E-state index in [2.05, 4.69) is 9.97 Å². The Bertz CT molecular complexity index is 1360. The molecule has 5 rings (SSSR count). The summed E-state index contributed by atoms with van der Waals surface area (Å²) in [4.78, 5) is 22.0. The average molecular weight is 472 g/mol. The minimum Gasteiger partial charge on any atom is -0.346 e. The molecule has 1 N–H and O–H groups in total. The van der Waals surface area contributed by atoms with E-state index < -0.39 is 11.2 Å². The number of nitrogens with one attached hydrogen (secondary N) is 1. The number of aryl methyl sites for hydroxylation is 1. The van der Waals surface area contributed by atoms with Gasteiger partial charge in [-0.15, -0.1) is 11.6 Å². The quantitative estimate of drug-likeness (QED) is 0.419. The van der Waals surface area contributed by atoms with Crippen LogP contribution >= 0.6 is 23.2 Å². The van der Waals surface area contributed by atoms with Gasteiger partial charge in [0.25, 0.3) is 0 Å². The second-order valence-electron chi connectivity index (χ2n) is 7.92. The SMILES string of the molecule is Cc1c[nH]c2nccc(-c3c(-c4cccc(Cl)c4F)nn4c3CN(C(=O)C(C)Cl)CC4)c12. The number of aromatic nitrogens is 4. The number of nitrogens with zero attached hydrogens (tertiary/aromatic N) is 4. The number of H-pyrrole nitrogens is 1. The van der Waals surface area contributed by atoms with Crippen LogP contribution in [0.2, 0.25) is 5.02 Å². The van der Waals surface area contributed by atoms with Crippen molar-refractivity contribution in [3.8, 4) is 22.4 Å². The predicted octanol–water partition coefficient (Wildman–Crippen LogP) is 5.16. The van der Waals surface area contributed by atoms with Crippen molar-refractivity contribution in [1.29, 1.82) is 0 Å². The first-order chi connectivity index (χ1) is 15.4. The van der Waals surface area contributed by atoms with Crippen LogP contribution in [0.25, 0.3) is 33.4 Å². The molecule has 1 atom stereocenters. The summed E-state index contributed by atoms with van der Waals surface area (Å²) < 4.78 is 17.0. The number of hydrogen-bond donors (Lipinski definition) is 1. The van der Waals surface area contributed by atoms with E-state index in [1.807, 2.05) is 23.9 Å². The fourth-order valence-electron chi connectivity index (χ4n) is 4.34. The minimum absolute atomic E-state index is 0.0323. The summed E-state index contributed by atoms with van der Waals surface area (Å²) >= 11 is 12.2. The van der Waals surface area contributed by atoms with Gasteiger partial charge in [0, 0.05) is 35.5 Å². The maximum atomic E-state index is 15.1. The molecule has 0 saturated carbocycles. The van der Waals surface area contributed by atoms with Crippen molar-refractivity contribution in [2.45, 2.75) is 32.3 Å². The van der Waals surface area contributed by atoms with Crippen LogP contribution in [0.3, 0.4) is 0 Å². The second kappa shape index (κ2) is 7.90. The first-order valence-corrected chi connectivity index (χ1v) is 11.1. The molecule has 3 aromatic heterocycles. The number of pyridine rings is 1. The first kappa shape index (κ1) is 21.0. The summed E-state index contributed by atoms with van der Waals surface area (Å²) in [6.45, 7) is 4.95. The van der Waals surface area contributed by atoms with Crippen LogP contribution in [0.1, 0.15) is 18.2 Å². The van der Waals surface area contributed by atoms with E-state index in [4.69, 9.17) is 28.3 Å². The van der Waals surface area contributed by atoms with Crippen LogP contribution < -0.4 is 0 Å². The molecule has 1 unspecified atom stereocenters. The molecule has 6 nitrogen and oxygen atoms in total. The number of carbonyl (C=O) groups is 1. The lowest BCUT2D eigenvalue weighted by Gasteiger charge is -2.29. The highest BCUT2D eigenvalue weighted by atomic mass is 35.5. The van der Waals surface area contributed by atoms with Gasteiger partial charge >= 0.3 is 0 Å². The van der Waals surface area contributed by atoms with Crippen molar-refractivity contribution < 1.29 is 9.18 Å². The normalized spacial score (nSPS) is 14.6. The third kappa shape index (κ3) is 3.27. The molecule has 0 saturated heterocycles. The second-order valence-corrected chi connectivity index (χ2v) is 8.99. The van der Waals surface area contributed by atoms with Crippen molar-refractivity contribution in [3.63, 3.8) is 0 Å². The van der Waals surface area contributed by atoms with Gasteiger partial charge in [0.05, 0.1) is 23.8 Å². The summed E-state index contributed by atoms with van der Waals surface area (Å²) in [6.07, 6.45) is 3.60. The fraction of sp³-hybridized carbons (Fsp3) is 0.261. The average Bonchev–Trinajstić information content (AvgIpc) is 3.35. The largest absolute Gasteiger partial charge is 0.346 e. The van der Waals surface area contributed by atoms with E-state index in [1.165, 1.54) is 6.07 Å². The Morgan fingerprint density at radius 1 is 1.25 bits per heavy atom. The van der Waals surface area contributed by atoms with Gasteiger partial charge in [0.1, 0.15) is 16.7 Å². The molecule has 32 heavy (non-hydrogen) atoms. The number of benzene rings is 1. The number of carbonyl (C=O) groups excluding carboxylic acids is 1. The number of alkyl halides is 1. The van der Waals surface area contributed by atoms with Gasteiger partial charge in [-0.05, 0) is 43.2 Å². The monoisotopic (exact) mass is 471 g/mol. The van der Waals surface area contributed by atoms with Crippen molar-refractivity contribution >= 4 is 40.1 Å². The Morgan fingerprint density at radius 2 is 2.06 bits per heavy atom. The van der Waals surface area contributed by atoms with Crippen molar-refractivity contribution in [2.24, 2.45) is 0 Å². The molecule has 1 aromatic carbocycles. The van der Waals surface area contributed by atoms with Gasteiger partial charge in [-0.2, -0.15) is 5.10 Å². The molecule has 164 valence electrons. The first-order valence-electron chi connectivity index (χ1n) is 10.3. The van der Waals surface area contributed by atoms with E-state index in [9.17, 15) is 4.79 Å². The highest BCUT2D eigenvalue weighted by Crippen LogP contribution is 2.41. The van der Waals surface area contributed by atoms with Gasteiger partial charge in [-0.25, -0.2) is 9.37 Å².